The third-order valence-corrected chi connectivity index (χ3v) is 5.34. The maximum atomic E-state index is 5.76. The van der Waals surface area contributed by atoms with E-state index in [1.165, 1.54) is 16.6 Å². The predicted octanol–water partition coefficient (Wildman–Crippen LogP) is 3.92. The summed E-state index contributed by atoms with van der Waals surface area (Å²) in [5.41, 5.74) is 2.55. The first kappa shape index (κ1) is 17.4. The summed E-state index contributed by atoms with van der Waals surface area (Å²) in [7, 11) is 0. The summed E-state index contributed by atoms with van der Waals surface area (Å²) in [6, 6.07) is 12.5. The number of pyridine rings is 1. The number of halogens is 1. The Morgan fingerprint density at radius 1 is 1.08 bits per heavy atom. The fourth-order valence-electron chi connectivity index (χ4n) is 3.48. The van der Waals surface area contributed by atoms with Crippen LogP contribution in [0, 0.1) is 0 Å². The van der Waals surface area contributed by atoms with Crippen molar-refractivity contribution in [2.75, 3.05) is 44.2 Å². The molecule has 0 spiro atoms. The number of ether oxygens (including phenoxy) is 1. The molecule has 1 aliphatic heterocycles. The van der Waals surface area contributed by atoms with E-state index in [9.17, 15) is 0 Å². The third kappa shape index (κ3) is 4.02. The van der Waals surface area contributed by atoms with Crippen LogP contribution in [0.4, 0.5) is 5.69 Å². The van der Waals surface area contributed by atoms with Gasteiger partial charge in [-0.05, 0) is 52.7 Å². The van der Waals surface area contributed by atoms with E-state index in [0.29, 0.717) is 0 Å². The van der Waals surface area contributed by atoms with Gasteiger partial charge in [-0.15, -0.1) is 0 Å². The van der Waals surface area contributed by atoms with Gasteiger partial charge < -0.3 is 14.6 Å². The smallest absolute Gasteiger partial charge is 0.137 e. The Bertz CT molecular complexity index is 840. The lowest BCUT2D eigenvalue weighted by Crippen LogP contribution is -2.46. The number of nitrogens with one attached hydrogen (secondary N) is 1. The number of piperazine rings is 1. The Balaban J connectivity index is 1.22. The predicted molar refractivity (Wildman–Crippen MR) is 109 cm³/mol. The number of benzene rings is 1. The zero-order valence-electron chi connectivity index (χ0n) is 14.7. The third-order valence-electron chi connectivity index (χ3n) is 4.87. The van der Waals surface area contributed by atoms with Crippen LogP contribution in [0.5, 0.6) is 5.75 Å². The second-order valence-electron chi connectivity index (χ2n) is 6.56. The highest BCUT2D eigenvalue weighted by Crippen LogP contribution is 2.26. The van der Waals surface area contributed by atoms with E-state index in [-0.39, 0.29) is 0 Å². The maximum Gasteiger partial charge on any atom is 0.137 e. The number of rotatable bonds is 6. The molecule has 0 atom stereocenters. The Kier molecular flexibility index (Phi) is 5.41. The molecule has 26 heavy (non-hydrogen) atoms. The van der Waals surface area contributed by atoms with Crippen LogP contribution in [0.15, 0.2) is 53.4 Å². The maximum absolute atomic E-state index is 5.76. The van der Waals surface area contributed by atoms with E-state index in [4.69, 9.17) is 4.74 Å². The van der Waals surface area contributed by atoms with E-state index in [1.54, 1.807) is 6.20 Å². The monoisotopic (exact) mass is 414 g/mol. The molecule has 1 aromatic carbocycles. The Hall–Kier alpha value is -2.05. The highest BCUT2D eigenvalue weighted by atomic mass is 79.9. The highest BCUT2D eigenvalue weighted by Gasteiger charge is 2.18. The molecule has 136 valence electrons. The summed E-state index contributed by atoms with van der Waals surface area (Å²) in [5, 5.41) is 1.32. The first-order chi connectivity index (χ1) is 12.8. The summed E-state index contributed by atoms with van der Waals surface area (Å²) < 4.78 is 6.59. The van der Waals surface area contributed by atoms with Gasteiger partial charge in [0.1, 0.15) is 10.4 Å². The molecule has 0 aliphatic carbocycles. The van der Waals surface area contributed by atoms with Gasteiger partial charge in [-0.1, -0.05) is 6.07 Å². The molecule has 2 aromatic heterocycles. The van der Waals surface area contributed by atoms with E-state index in [1.807, 2.05) is 18.3 Å². The minimum Gasteiger partial charge on any atom is -0.492 e. The van der Waals surface area contributed by atoms with Gasteiger partial charge in [0.25, 0.3) is 0 Å². The fourth-order valence-corrected chi connectivity index (χ4v) is 3.72. The van der Waals surface area contributed by atoms with Crippen molar-refractivity contribution in [1.82, 2.24) is 14.9 Å². The van der Waals surface area contributed by atoms with E-state index in [2.05, 4.69) is 60.0 Å². The van der Waals surface area contributed by atoms with Gasteiger partial charge in [0.2, 0.25) is 0 Å². The molecule has 1 aliphatic rings. The van der Waals surface area contributed by atoms with Crippen molar-refractivity contribution < 1.29 is 4.74 Å². The number of nitrogens with zero attached hydrogens (tertiary/aromatic N) is 3. The Morgan fingerprint density at radius 2 is 1.96 bits per heavy atom. The van der Waals surface area contributed by atoms with E-state index < -0.39 is 0 Å². The largest absolute Gasteiger partial charge is 0.492 e. The molecule has 0 amide bonds. The van der Waals surface area contributed by atoms with E-state index in [0.717, 1.165) is 56.1 Å². The van der Waals surface area contributed by atoms with Crippen molar-refractivity contribution in [2.45, 2.75) is 6.42 Å². The second kappa shape index (κ2) is 8.10. The van der Waals surface area contributed by atoms with Crippen LogP contribution in [0.25, 0.3) is 10.9 Å². The summed E-state index contributed by atoms with van der Waals surface area (Å²) in [5.74, 6) is 0.831. The van der Waals surface area contributed by atoms with Gasteiger partial charge in [-0.25, -0.2) is 4.98 Å². The van der Waals surface area contributed by atoms with Crippen LogP contribution < -0.4 is 9.64 Å². The van der Waals surface area contributed by atoms with Gasteiger partial charge in [0.05, 0.1) is 12.8 Å². The normalized spacial score (nSPS) is 15.5. The first-order valence-electron chi connectivity index (χ1n) is 9.07. The van der Waals surface area contributed by atoms with Gasteiger partial charge in [0, 0.05) is 55.5 Å². The fraction of sp³-hybridized carbons (Fsp3) is 0.350. The number of fused-ring (bicyclic) bond motifs is 1. The van der Waals surface area contributed by atoms with Gasteiger partial charge in [-0.2, -0.15) is 0 Å². The number of hydrogen-bond donors (Lipinski definition) is 1. The number of aromatic amines is 1. The Labute approximate surface area is 162 Å². The van der Waals surface area contributed by atoms with Crippen LogP contribution in [0.1, 0.15) is 6.42 Å². The molecule has 1 N–H and O–H groups in total. The quantitative estimate of drug-likeness (QED) is 0.490. The van der Waals surface area contributed by atoms with Crippen molar-refractivity contribution in [2.24, 2.45) is 0 Å². The molecule has 0 unspecified atom stereocenters. The van der Waals surface area contributed by atoms with Gasteiger partial charge in [0.15, 0.2) is 0 Å². The number of H-pyrrole nitrogens is 1. The van der Waals surface area contributed by atoms with E-state index >= 15 is 0 Å². The molecule has 5 nitrogen and oxygen atoms in total. The van der Waals surface area contributed by atoms with Crippen molar-refractivity contribution in [3.8, 4) is 5.75 Å². The standard InChI is InChI=1S/C20H23BrN4O/c21-20-6-5-16(15-23-20)26-14-2-9-24-10-12-25(13-11-24)19-4-1-3-18-17(19)7-8-22-18/h1,3-8,15,22H,2,9-14H2. The molecular weight excluding hydrogens is 392 g/mol. The number of hydrogen-bond acceptors (Lipinski definition) is 4. The average molecular weight is 415 g/mol. The molecule has 3 aromatic rings. The number of aromatic nitrogens is 2. The van der Waals surface area contributed by atoms with Gasteiger partial charge in [-0.3, -0.25) is 4.90 Å². The summed E-state index contributed by atoms with van der Waals surface area (Å²) in [6.07, 6.45) is 4.80. The summed E-state index contributed by atoms with van der Waals surface area (Å²) >= 11 is 3.33. The average Bonchev–Trinajstić information content (AvgIpc) is 3.16. The Morgan fingerprint density at radius 3 is 2.77 bits per heavy atom. The lowest BCUT2D eigenvalue weighted by atomic mass is 10.1. The molecule has 4 rings (SSSR count). The molecule has 1 saturated heterocycles. The number of anilines is 1. The molecule has 1 fully saturated rings. The lowest BCUT2D eigenvalue weighted by Gasteiger charge is -2.36. The minimum absolute atomic E-state index is 0.728. The molecular formula is C20H23BrN4O. The SMILES string of the molecule is Brc1ccc(OCCCN2CCN(c3cccc4[nH]ccc34)CC2)cn1. The summed E-state index contributed by atoms with van der Waals surface area (Å²) in [4.78, 5) is 12.5. The highest BCUT2D eigenvalue weighted by molar-refractivity contribution is 9.10. The van der Waals surface area contributed by atoms with Crippen LogP contribution in [-0.4, -0.2) is 54.2 Å². The van der Waals surface area contributed by atoms with Crippen LogP contribution in [-0.2, 0) is 0 Å². The lowest BCUT2D eigenvalue weighted by molar-refractivity contribution is 0.224. The zero-order valence-corrected chi connectivity index (χ0v) is 16.3. The molecule has 0 bridgehead atoms. The topological polar surface area (TPSA) is 44.4 Å². The molecule has 3 heterocycles. The second-order valence-corrected chi connectivity index (χ2v) is 7.38. The summed E-state index contributed by atoms with van der Waals surface area (Å²) in [6.45, 7) is 6.14. The van der Waals surface area contributed by atoms with Crippen LogP contribution in [0.2, 0.25) is 0 Å². The van der Waals surface area contributed by atoms with Crippen LogP contribution in [0.3, 0.4) is 0 Å². The molecule has 6 heteroatoms. The minimum atomic E-state index is 0.728. The first-order valence-corrected chi connectivity index (χ1v) is 9.87. The van der Waals surface area contributed by atoms with Crippen molar-refractivity contribution >= 4 is 32.5 Å². The van der Waals surface area contributed by atoms with Crippen molar-refractivity contribution in [3.05, 3.63) is 53.4 Å². The molecule has 0 radical (unpaired) electrons. The van der Waals surface area contributed by atoms with Gasteiger partial charge >= 0.3 is 0 Å². The molecule has 0 saturated carbocycles. The van der Waals surface area contributed by atoms with Crippen molar-refractivity contribution in [3.63, 3.8) is 0 Å². The van der Waals surface area contributed by atoms with Crippen molar-refractivity contribution in [1.29, 1.82) is 0 Å². The van der Waals surface area contributed by atoms with Crippen LogP contribution >= 0.6 is 15.9 Å². The zero-order chi connectivity index (χ0) is 17.8.